The smallest absolute Gasteiger partial charge is 0.410 e. The fourth-order valence-corrected chi connectivity index (χ4v) is 3.44. The van der Waals surface area contributed by atoms with E-state index in [9.17, 15) is 4.79 Å². The van der Waals surface area contributed by atoms with Gasteiger partial charge in [-0.25, -0.2) is 4.79 Å². The van der Waals surface area contributed by atoms with Gasteiger partial charge in [-0.3, -0.25) is 0 Å². The van der Waals surface area contributed by atoms with Gasteiger partial charge in [-0.05, 0) is 66.2 Å². The Hall–Kier alpha value is -1.03. The number of amides is 1. The van der Waals surface area contributed by atoms with E-state index in [0.717, 1.165) is 38.6 Å². The third kappa shape index (κ3) is 5.31. The third-order valence-corrected chi connectivity index (χ3v) is 4.41. The van der Waals surface area contributed by atoms with E-state index in [2.05, 4.69) is 24.4 Å². The van der Waals surface area contributed by atoms with Crippen LogP contribution < -0.4 is 5.32 Å². The molecular formula is C18H32N2O2. The second-order valence-electron chi connectivity index (χ2n) is 7.77. The number of nitrogens with one attached hydrogen (secondary N) is 1. The van der Waals surface area contributed by atoms with E-state index in [-0.39, 0.29) is 6.09 Å². The van der Waals surface area contributed by atoms with Crippen molar-refractivity contribution in [1.82, 2.24) is 10.2 Å². The number of carbonyl (C=O) groups is 1. The molecule has 126 valence electrons. The molecule has 2 aliphatic rings. The summed E-state index contributed by atoms with van der Waals surface area (Å²) in [5.74, 6) is 0. The van der Waals surface area contributed by atoms with Gasteiger partial charge in [-0.1, -0.05) is 12.2 Å². The number of piperidine rings is 1. The number of ether oxygens (including phenoxy) is 1. The van der Waals surface area contributed by atoms with E-state index in [0.29, 0.717) is 18.1 Å². The van der Waals surface area contributed by atoms with Crippen molar-refractivity contribution in [3.63, 3.8) is 0 Å². The Morgan fingerprint density at radius 3 is 2.64 bits per heavy atom. The molecule has 0 aromatic heterocycles. The molecule has 0 bridgehead atoms. The summed E-state index contributed by atoms with van der Waals surface area (Å²) in [7, 11) is 0. The summed E-state index contributed by atoms with van der Waals surface area (Å²) in [4.78, 5) is 14.4. The van der Waals surface area contributed by atoms with Crippen LogP contribution in [-0.2, 0) is 4.74 Å². The molecule has 1 saturated heterocycles. The first-order valence-electron chi connectivity index (χ1n) is 8.76. The molecule has 0 aromatic rings. The summed E-state index contributed by atoms with van der Waals surface area (Å²) in [6.07, 6.45) is 11.0. The largest absolute Gasteiger partial charge is 0.444 e. The first kappa shape index (κ1) is 17.3. The third-order valence-electron chi connectivity index (χ3n) is 4.41. The molecule has 1 fully saturated rings. The van der Waals surface area contributed by atoms with Crippen LogP contribution in [0.2, 0.25) is 0 Å². The van der Waals surface area contributed by atoms with Gasteiger partial charge in [-0.15, -0.1) is 0 Å². The number of rotatable bonds is 4. The van der Waals surface area contributed by atoms with Gasteiger partial charge < -0.3 is 15.0 Å². The Labute approximate surface area is 135 Å². The minimum Gasteiger partial charge on any atom is -0.444 e. The van der Waals surface area contributed by atoms with Crippen molar-refractivity contribution < 1.29 is 9.53 Å². The maximum Gasteiger partial charge on any atom is 0.410 e. The zero-order valence-electron chi connectivity index (χ0n) is 14.6. The van der Waals surface area contributed by atoms with Crippen LogP contribution in [0.25, 0.3) is 0 Å². The average molecular weight is 308 g/mol. The number of carbonyl (C=O) groups excluding carboxylic acids is 1. The highest BCUT2D eigenvalue weighted by atomic mass is 16.6. The molecule has 4 heteroatoms. The molecule has 4 nitrogen and oxygen atoms in total. The van der Waals surface area contributed by atoms with Crippen molar-refractivity contribution in [2.75, 3.05) is 6.54 Å². The van der Waals surface area contributed by atoms with E-state index in [1.165, 1.54) is 6.42 Å². The van der Waals surface area contributed by atoms with Gasteiger partial charge in [0, 0.05) is 24.7 Å². The fourth-order valence-electron chi connectivity index (χ4n) is 3.44. The molecule has 0 spiro atoms. The van der Waals surface area contributed by atoms with Gasteiger partial charge >= 0.3 is 6.09 Å². The summed E-state index contributed by atoms with van der Waals surface area (Å²) in [6.45, 7) is 8.86. The topological polar surface area (TPSA) is 41.6 Å². The predicted octanol–water partition coefficient (Wildman–Crippen LogP) is 3.86. The minimum atomic E-state index is -0.418. The highest BCUT2D eigenvalue weighted by molar-refractivity contribution is 5.68. The average Bonchev–Trinajstić information content (AvgIpc) is 2.90. The van der Waals surface area contributed by atoms with Crippen LogP contribution >= 0.6 is 0 Å². The normalized spacial score (nSPS) is 24.5. The lowest BCUT2D eigenvalue weighted by molar-refractivity contribution is 0.00780. The standard InChI is InChI=1S/C18H32N2O2/c1-14(19-15-9-5-6-10-15)13-16-11-7-8-12-20(16)17(21)22-18(2,3)4/h5-6,14-16,19H,7-13H2,1-4H3. The number of likely N-dealkylation sites (tertiary alicyclic amines) is 1. The predicted molar refractivity (Wildman–Crippen MR) is 90.0 cm³/mol. The Kier molecular flexibility index (Phi) is 5.90. The molecule has 1 aliphatic heterocycles. The second kappa shape index (κ2) is 7.49. The van der Waals surface area contributed by atoms with E-state index < -0.39 is 5.60 Å². The van der Waals surface area contributed by atoms with Crippen LogP contribution in [0.5, 0.6) is 0 Å². The lowest BCUT2D eigenvalue weighted by Gasteiger charge is -2.38. The quantitative estimate of drug-likeness (QED) is 0.802. The van der Waals surface area contributed by atoms with Crippen molar-refractivity contribution in [3.8, 4) is 0 Å². The SMILES string of the molecule is CC(CC1CCCCN1C(=O)OC(C)(C)C)NC1CC=CC1. The zero-order chi connectivity index (χ0) is 16.2. The monoisotopic (exact) mass is 308 g/mol. The van der Waals surface area contributed by atoms with Crippen molar-refractivity contribution in [2.24, 2.45) is 0 Å². The highest BCUT2D eigenvalue weighted by Gasteiger charge is 2.31. The van der Waals surface area contributed by atoms with Gasteiger partial charge in [-0.2, -0.15) is 0 Å². The summed E-state index contributed by atoms with van der Waals surface area (Å²) in [5.41, 5.74) is -0.418. The minimum absolute atomic E-state index is 0.146. The molecule has 0 aromatic carbocycles. The summed E-state index contributed by atoms with van der Waals surface area (Å²) in [6, 6.07) is 1.31. The molecule has 2 rings (SSSR count). The van der Waals surface area contributed by atoms with Crippen molar-refractivity contribution in [1.29, 1.82) is 0 Å². The van der Waals surface area contributed by atoms with Crippen LogP contribution in [0, 0.1) is 0 Å². The molecule has 0 radical (unpaired) electrons. The van der Waals surface area contributed by atoms with E-state index >= 15 is 0 Å². The molecule has 0 saturated carbocycles. The van der Waals surface area contributed by atoms with Crippen LogP contribution in [-0.4, -0.2) is 41.3 Å². The zero-order valence-corrected chi connectivity index (χ0v) is 14.6. The Balaban J connectivity index is 1.87. The first-order chi connectivity index (χ1) is 10.3. The fraction of sp³-hybridized carbons (Fsp3) is 0.833. The van der Waals surface area contributed by atoms with Gasteiger partial charge in [0.25, 0.3) is 0 Å². The van der Waals surface area contributed by atoms with E-state index in [4.69, 9.17) is 4.74 Å². The van der Waals surface area contributed by atoms with E-state index in [1.54, 1.807) is 0 Å². The maximum atomic E-state index is 12.4. The Morgan fingerprint density at radius 2 is 2.00 bits per heavy atom. The van der Waals surface area contributed by atoms with Gasteiger partial charge in [0.2, 0.25) is 0 Å². The van der Waals surface area contributed by atoms with Crippen molar-refractivity contribution >= 4 is 6.09 Å². The molecule has 1 heterocycles. The molecule has 1 aliphatic carbocycles. The second-order valence-corrected chi connectivity index (χ2v) is 7.77. The lowest BCUT2D eigenvalue weighted by Crippen LogP contribution is -2.49. The first-order valence-corrected chi connectivity index (χ1v) is 8.76. The molecular weight excluding hydrogens is 276 g/mol. The summed E-state index contributed by atoms with van der Waals surface area (Å²) >= 11 is 0. The van der Waals surface area contributed by atoms with Gasteiger partial charge in [0.05, 0.1) is 0 Å². The van der Waals surface area contributed by atoms with E-state index in [1.807, 2.05) is 25.7 Å². The van der Waals surface area contributed by atoms with Crippen LogP contribution in [0.15, 0.2) is 12.2 Å². The summed E-state index contributed by atoms with van der Waals surface area (Å²) in [5, 5.41) is 3.69. The molecule has 1 amide bonds. The van der Waals surface area contributed by atoms with Crippen molar-refractivity contribution in [2.45, 2.75) is 89.9 Å². The Morgan fingerprint density at radius 1 is 1.32 bits per heavy atom. The van der Waals surface area contributed by atoms with Crippen LogP contribution in [0.4, 0.5) is 4.79 Å². The van der Waals surface area contributed by atoms with Crippen molar-refractivity contribution in [3.05, 3.63) is 12.2 Å². The number of hydrogen-bond donors (Lipinski definition) is 1. The highest BCUT2D eigenvalue weighted by Crippen LogP contribution is 2.24. The number of nitrogens with zero attached hydrogens (tertiary/aromatic N) is 1. The number of hydrogen-bond acceptors (Lipinski definition) is 3. The molecule has 2 unspecified atom stereocenters. The lowest BCUT2D eigenvalue weighted by atomic mass is 9.96. The maximum absolute atomic E-state index is 12.4. The molecule has 1 N–H and O–H groups in total. The van der Waals surface area contributed by atoms with Gasteiger partial charge in [0.1, 0.15) is 5.60 Å². The Bertz CT molecular complexity index is 392. The molecule has 22 heavy (non-hydrogen) atoms. The van der Waals surface area contributed by atoms with Crippen LogP contribution in [0.3, 0.4) is 0 Å². The van der Waals surface area contributed by atoms with Crippen LogP contribution in [0.1, 0.15) is 66.2 Å². The van der Waals surface area contributed by atoms with Gasteiger partial charge in [0.15, 0.2) is 0 Å². The summed E-state index contributed by atoms with van der Waals surface area (Å²) < 4.78 is 5.58. The molecule has 2 atom stereocenters.